The van der Waals surface area contributed by atoms with Gasteiger partial charge in [-0.25, -0.2) is 0 Å². The number of phenols is 1. The van der Waals surface area contributed by atoms with Crippen molar-refractivity contribution in [1.29, 1.82) is 0 Å². The molecule has 0 saturated carbocycles. The van der Waals surface area contributed by atoms with Gasteiger partial charge in [-0.2, -0.15) is 0 Å². The van der Waals surface area contributed by atoms with Gasteiger partial charge in [-0.3, -0.25) is 4.79 Å². The summed E-state index contributed by atoms with van der Waals surface area (Å²) in [6.45, 7) is 5.29. The molecule has 2 N–H and O–H groups in total. The van der Waals surface area contributed by atoms with Crippen molar-refractivity contribution < 1.29 is 9.90 Å². The number of rotatable bonds is 3. The van der Waals surface area contributed by atoms with Gasteiger partial charge in [-0.1, -0.05) is 18.7 Å². The number of fused-ring (bicyclic) bond motifs is 4. The van der Waals surface area contributed by atoms with Crippen LogP contribution in [0, 0.1) is 0 Å². The summed E-state index contributed by atoms with van der Waals surface area (Å²) in [6.07, 6.45) is 0. The summed E-state index contributed by atoms with van der Waals surface area (Å²) in [5.74, 6) is 0.0260. The monoisotopic (exact) mass is 294 g/mol. The van der Waals surface area contributed by atoms with Gasteiger partial charge in [-0.15, -0.1) is 14.1 Å². The fourth-order valence-corrected chi connectivity index (χ4v) is 2.50. The third-order valence-electron chi connectivity index (χ3n) is 3.66. The molecule has 2 heterocycles. The minimum absolute atomic E-state index is 0.195. The van der Waals surface area contributed by atoms with Crippen molar-refractivity contribution in [1.82, 2.24) is 14.1 Å². The Bertz CT molecular complexity index is 1020. The average Bonchev–Trinajstić information content (AvgIpc) is 3.14. The van der Waals surface area contributed by atoms with E-state index in [0.717, 1.165) is 16.7 Å². The van der Waals surface area contributed by atoms with E-state index < -0.39 is 0 Å². The van der Waals surface area contributed by atoms with E-state index >= 15 is 0 Å². The second-order valence-electron chi connectivity index (χ2n) is 5.29. The fourth-order valence-electron chi connectivity index (χ4n) is 2.50. The Labute approximate surface area is 125 Å². The third kappa shape index (κ3) is 1.64. The number of carbonyl (C=O) groups is 1. The van der Waals surface area contributed by atoms with Crippen LogP contribution in [-0.2, 0) is 4.79 Å². The molecule has 6 nitrogen and oxygen atoms in total. The van der Waals surface area contributed by atoms with Crippen LogP contribution in [0.25, 0.3) is 16.7 Å². The highest BCUT2D eigenvalue weighted by molar-refractivity contribution is 6.03. The van der Waals surface area contributed by atoms with E-state index in [1.807, 2.05) is 44.4 Å². The third-order valence-corrected chi connectivity index (χ3v) is 3.66. The van der Waals surface area contributed by atoms with E-state index in [1.54, 1.807) is 19.1 Å². The summed E-state index contributed by atoms with van der Waals surface area (Å²) in [6, 6.07) is 12.8. The highest BCUT2D eigenvalue weighted by Crippen LogP contribution is 2.31. The van der Waals surface area contributed by atoms with Crippen molar-refractivity contribution in [2.75, 3.05) is 5.32 Å². The Hall–Kier alpha value is -3.15. The molecule has 0 spiro atoms. The summed E-state index contributed by atoms with van der Waals surface area (Å²) in [7, 11) is 0. The maximum absolute atomic E-state index is 11.7. The molecule has 0 aliphatic rings. The summed E-state index contributed by atoms with van der Waals surface area (Å²) in [5.41, 5.74) is 3.90. The van der Waals surface area contributed by atoms with Gasteiger partial charge < -0.3 is 10.4 Å². The van der Waals surface area contributed by atoms with Gasteiger partial charge in [0.15, 0.2) is 0 Å². The number of nitrogens with one attached hydrogen (secondary N) is 1. The van der Waals surface area contributed by atoms with Gasteiger partial charge in [-0.05, 0) is 37.3 Å². The SMILES string of the molecule is C=C(C)C(=O)Nc1ccc2c(c1)n1n(-c3ccccc3O)n21. The zero-order chi connectivity index (χ0) is 15.4. The molecule has 0 aliphatic heterocycles. The summed E-state index contributed by atoms with van der Waals surface area (Å²) in [5, 5.41) is 12.7. The number of nitrogens with zero attached hydrogens (tertiary/aromatic N) is 3. The number of anilines is 1. The highest BCUT2D eigenvalue weighted by Gasteiger charge is 2.25. The molecule has 0 unspecified atom stereocenters. The molecule has 4 rings (SSSR count). The Morgan fingerprint density at radius 3 is 2.59 bits per heavy atom. The number of para-hydroxylation sites is 2. The van der Waals surface area contributed by atoms with Crippen LogP contribution >= 0.6 is 0 Å². The first-order chi connectivity index (χ1) is 10.6. The van der Waals surface area contributed by atoms with Crippen molar-refractivity contribution in [2.45, 2.75) is 6.92 Å². The van der Waals surface area contributed by atoms with Crippen molar-refractivity contribution in [2.24, 2.45) is 0 Å². The number of amides is 1. The molecule has 4 aromatic rings. The standard InChI is InChI=1S/C16H14N4O2/c1-10(2)16(22)17-11-7-8-12-14(9-11)20-18(12)19(20)13-5-3-4-6-15(13)21/h3-9,21H,1H2,2H3,(H,17,22). The van der Waals surface area contributed by atoms with Crippen LogP contribution in [0.1, 0.15) is 6.92 Å². The lowest BCUT2D eigenvalue weighted by atomic mass is 10.2. The van der Waals surface area contributed by atoms with Gasteiger partial charge >= 0.3 is 0 Å². The molecule has 0 bridgehead atoms. The number of aromatic nitrogens is 3. The Morgan fingerprint density at radius 1 is 1.14 bits per heavy atom. The van der Waals surface area contributed by atoms with Crippen LogP contribution in [0.15, 0.2) is 54.6 Å². The van der Waals surface area contributed by atoms with Crippen molar-refractivity contribution in [3.05, 3.63) is 54.6 Å². The number of carbonyl (C=O) groups excluding carboxylic acids is 1. The van der Waals surface area contributed by atoms with Crippen molar-refractivity contribution >= 4 is 22.6 Å². The van der Waals surface area contributed by atoms with E-state index in [0.29, 0.717) is 11.3 Å². The summed E-state index contributed by atoms with van der Waals surface area (Å²) < 4.78 is 3.86. The van der Waals surface area contributed by atoms with E-state index in [9.17, 15) is 9.90 Å². The number of phenolic OH excluding ortho intramolecular Hbond substituents is 1. The zero-order valence-corrected chi connectivity index (χ0v) is 11.9. The lowest BCUT2D eigenvalue weighted by Gasteiger charge is -2.05. The molecule has 22 heavy (non-hydrogen) atoms. The summed E-state index contributed by atoms with van der Waals surface area (Å²) in [4.78, 5) is 13.5. The maximum atomic E-state index is 11.7. The Morgan fingerprint density at radius 2 is 1.86 bits per heavy atom. The maximum Gasteiger partial charge on any atom is 0.250 e. The predicted molar refractivity (Wildman–Crippen MR) is 84.0 cm³/mol. The highest BCUT2D eigenvalue weighted by atomic mass is 16.3. The Balaban J connectivity index is 1.74. The van der Waals surface area contributed by atoms with E-state index in [-0.39, 0.29) is 11.7 Å². The molecule has 6 heteroatoms. The largest absolute Gasteiger partial charge is 0.506 e. The zero-order valence-electron chi connectivity index (χ0n) is 11.9. The molecular formula is C16H14N4O2. The van der Waals surface area contributed by atoms with Crippen LogP contribution in [-0.4, -0.2) is 25.1 Å². The average molecular weight is 294 g/mol. The lowest BCUT2D eigenvalue weighted by molar-refractivity contribution is -0.112. The molecule has 0 saturated heterocycles. The number of benzene rings is 2. The van der Waals surface area contributed by atoms with Crippen LogP contribution < -0.4 is 5.32 Å². The van der Waals surface area contributed by atoms with Crippen molar-refractivity contribution in [3.8, 4) is 11.4 Å². The number of hydrogen-bond acceptors (Lipinski definition) is 2. The van der Waals surface area contributed by atoms with Crippen LogP contribution in [0.5, 0.6) is 5.75 Å². The first-order valence-electron chi connectivity index (χ1n) is 6.87. The molecule has 0 aliphatic carbocycles. The van der Waals surface area contributed by atoms with Crippen LogP contribution in [0.3, 0.4) is 0 Å². The van der Waals surface area contributed by atoms with Crippen LogP contribution in [0.4, 0.5) is 5.69 Å². The van der Waals surface area contributed by atoms with E-state index in [4.69, 9.17) is 0 Å². The second kappa shape index (κ2) is 4.17. The normalized spacial score (nSPS) is 11.5. The molecule has 2 aromatic carbocycles. The first-order valence-corrected chi connectivity index (χ1v) is 6.87. The summed E-state index contributed by atoms with van der Waals surface area (Å²) >= 11 is 0. The smallest absolute Gasteiger partial charge is 0.250 e. The van der Waals surface area contributed by atoms with E-state index in [2.05, 4.69) is 11.9 Å². The predicted octanol–water partition coefficient (Wildman–Crippen LogP) is 2.64. The molecule has 2 aromatic heterocycles. The quantitative estimate of drug-likeness (QED) is 0.571. The van der Waals surface area contributed by atoms with Gasteiger partial charge in [0.2, 0.25) is 0 Å². The number of hydrogen-bond donors (Lipinski definition) is 2. The minimum Gasteiger partial charge on any atom is -0.506 e. The molecule has 1 amide bonds. The van der Waals surface area contributed by atoms with Gasteiger partial charge in [0.1, 0.15) is 22.5 Å². The molecular weight excluding hydrogens is 280 g/mol. The van der Waals surface area contributed by atoms with Crippen LogP contribution in [0.2, 0.25) is 0 Å². The van der Waals surface area contributed by atoms with Gasteiger partial charge in [0.05, 0.1) is 0 Å². The molecule has 0 atom stereocenters. The first kappa shape index (κ1) is 12.6. The molecule has 0 radical (unpaired) electrons. The number of aromatic hydroxyl groups is 1. The molecule has 0 fully saturated rings. The lowest BCUT2D eigenvalue weighted by Crippen LogP contribution is -2.11. The minimum atomic E-state index is -0.195. The van der Waals surface area contributed by atoms with E-state index in [1.165, 1.54) is 0 Å². The van der Waals surface area contributed by atoms with Crippen molar-refractivity contribution in [3.63, 3.8) is 0 Å². The van der Waals surface area contributed by atoms with Gasteiger partial charge in [0, 0.05) is 11.3 Å². The topological polar surface area (TPSA) is 63.1 Å². The van der Waals surface area contributed by atoms with Gasteiger partial charge in [0.25, 0.3) is 5.91 Å². The Kier molecular flexibility index (Phi) is 2.39. The second-order valence-corrected chi connectivity index (χ2v) is 5.29. The molecule has 110 valence electrons. The fraction of sp³-hybridized carbons (Fsp3) is 0.0625.